The van der Waals surface area contributed by atoms with Crippen molar-refractivity contribution in [3.63, 3.8) is 0 Å². The van der Waals surface area contributed by atoms with Crippen LogP contribution in [0.1, 0.15) is 32.6 Å². The summed E-state index contributed by atoms with van der Waals surface area (Å²) in [7, 11) is 3.42. The van der Waals surface area contributed by atoms with E-state index >= 15 is 0 Å². The van der Waals surface area contributed by atoms with Crippen LogP contribution >= 0.6 is 0 Å². The minimum atomic E-state index is 0.0639. The van der Waals surface area contributed by atoms with Gasteiger partial charge in [0.2, 0.25) is 11.8 Å². The van der Waals surface area contributed by atoms with Gasteiger partial charge in [-0.1, -0.05) is 0 Å². The second-order valence-corrected chi connectivity index (χ2v) is 4.09. The molecule has 0 aromatic heterocycles. The number of hydrogen-bond acceptors (Lipinski definition) is 3. The molecule has 2 amide bonds. The quantitative estimate of drug-likeness (QED) is 0.610. The van der Waals surface area contributed by atoms with E-state index < -0.39 is 0 Å². The lowest BCUT2D eigenvalue weighted by molar-refractivity contribution is -0.127. The van der Waals surface area contributed by atoms with Gasteiger partial charge in [-0.2, -0.15) is 0 Å². The van der Waals surface area contributed by atoms with E-state index in [4.69, 9.17) is 4.74 Å². The maximum Gasteiger partial charge on any atom is 0.219 e. The molecule has 0 bridgehead atoms. The van der Waals surface area contributed by atoms with Crippen LogP contribution in [0.5, 0.6) is 0 Å². The molecule has 0 radical (unpaired) electrons. The standard InChI is InChI=1S/C12H24N2O3/c1-11(15)14(2)9-5-4-7-12(16)13-8-6-10-17-3/h4-10H2,1-3H3,(H,13,16). The average Bonchev–Trinajstić information content (AvgIpc) is 2.29. The van der Waals surface area contributed by atoms with Gasteiger partial charge in [0.05, 0.1) is 0 Å². The summed E-state index contributed by atoms with van der Waals surface area (Å²) < 4.78 is 4.88. The number of unbranched alkanes of at least 4 members (excludes halogenated alkanes) is 1. The van der Waals surface area contributed by atoms with E-state index in [9.17, 15) is 9.59 Å². The Bertz CT molecular complexity index is 232. The monoisotopic (exact) mass is 244 g/mol. The Labute approximate surface area is 103 Å². The van der Waals surface area contributed by atoms with Gasteiger partial charge in [0, 0.05) is 47.2 Å². The molecular weight excluding hydrogens is 220 g/mol. The second-order valence-electron chi connectivity index (χ2n) is 4.09. The predicted octanol–water partition coefficient (Wildman–Crippen LogP) is 0.788. The first-order valence-electron chi connectivity index (χ1n) is 6.05. The molecule has 0 saturated carbocycles. The molecule has 5 heteroatoms. The normalized spacial score (nSPS) is 10.1. The highest BCUT2D eigenvalue weighted by atomic mass is 16.5. The Morgan fingerprint density at radius 2 is 1.94 bits per heavy atom. The third-order valence-corrected chi connectivity index (χ3v) is 2.53. The highest BCUT2D eigenvalue weighted by Crippen LogP contribution is 1.97. The van der Waals surface area contributed by atoms with Crippen molar-refractivity contribution in [2.24, 2.45) is 0 Å². The lowest BCUT2D eigenvalue weighted by Crippen LogP contribution is -2.26. The molecular formula is C12H24N2O3. The van der Waals surface area contributed by atoms with Crippen molar-refractivity contribution in [1.82, 2.24) is 10.2 Å². The van der Waals surface area contributed by atoms with Crippen molar-refractivity contribution in [3.8, 4) is 0 Å². The van der Waals surface area contributed by atoms with Crippen LogP contribution in [0.3, 0.4) is 0 Å². The van der Waals surface area contributed by atoms with Crippen molar-refractivity contribution in [3.05, 3.63) is 0 Å². The van der Waals surface area contributed by atoms with Crippen LogP contribution in [0.25, 0.3) is 0 Å². The molecule has 0 rings (SSSR count). The largest absolute Gasteiger partial charge is 0.385 e. The fourth-order valence-corrected chi connectivity index (χ4v) is 1.32. The molecule has 0 spiro atoms. The fourth-order valence-electron chi connectivity index (χ4n) is 1.32. The molecule has 0 aromatic carbocycles. The molecule has 0 atom stereocenters. The number of rotatable bonds is 9. The lowest BCUT2D eigenvalue weighted by atomic mass is 10.2. The van der Waals surface area contributed by atoms with E-state index in [0.29, 0.717) is 26.1 Å². The van der Waals surface area contributed by atoms with Crippen LogP contribution in [0, 0.1) is 0 Å². The fraction of sp³-hybridized carbons (Fsp3) is 0.833. The topological polar surface area (TPSA) is 58.6 Å². The van der Waals surface area contributed by atoms with Crippen molar-refractivity contribution >= 4 is 11.8 Å². The molecule has 5 nitrogen and oxygen atoms in total. The maximum atomic E-state index is 11.4. The van der Waals surface area contributed by atoms with E-state index in [1.807, 2.05) is 0 Å². The summed E-state index contributed by atoms with van der Waals surface area (Å²) in [6.45, 7) is 3.60. The average molecular weight is 244 g/mol. The Balaban J connectivity index is 3.36. The number of nitrogens with zero attached hydrogens (tertiary/aromatic N) is 1. The number of amides is 2. The Morgan fingerprint density at radius 1 is 1.24 bits per heavy atom. The summed E-state index contributed by atoms with van der Waals surface area (Å²) in [5, 5.41) is 2.83. The zero-order chi connectivity index (χ0) is 13.1. The van der Waals surface area contributed by atoms with Gasteiger partial charge in [0.1, 0.15) is 0 Å². The molecule has 1 N–H and O–H groups in total. The molecule has 0 heterocycles. The minimum absolute atomic E-state index is 0.0639. The first-order chi connectivity index (χ1) is 8.07. The second kappa shape index (κ2) is 10.1. The molecule has 0 aliphatic carbocycles. The van der Waals surface area contributed by atoms with Gasteiger partial charge in [-0.15, -0.1) is 0 Å². The third kappa shape index (κ3) is 9.81. The number of carbonyl (C=O) groups is 2. The summed E-state index contributed by atoms with van der Waals surface area (Å²) >= 11 is 0. The number of carbonyl (C=O) groups excluding carboxylic acids is 2. The number of methoxy groups -OCH3 is 1. The highest BCUT2D eigenvalue weighted by Gasteiger charge is 2.03. The van der Waals surface area contributed by atoms with Crippen molar-refractivity contribution in [2.75, 3.05) is 33.9 Å². The molecule has 0 fully saturated rings. The van der Waals surface area contributed by atoms with E-state index in [1.165, 1.54) is 0 Å². The van der Waals surface area contributed by atoms with E-state index in [1.54, 1.807) is 26.0 Å². The van der Waals surface area contributed by atoms with E-state index in [0.717, 1.165) is 19.3 Å². The summed E-state index contributed by atoms with van der Waals surface area (Å²) in [4.78, 5) is 23.9. The zero-order valence-corrected chi connectivity index (χ0v) is 11.1. The first kappa shape index (κ1) is 15.9. The number of hydrogen-bond donors (Lipinski definition) is 1. The number of nitrogens with one attached hydrogen (secondary N) is 1. The smallest absolute Gasteiger partial charge is 0.219 e. The highest BCUT2D eigenvalue weighted by molar-refractivity contribution is 5.75. The van der Waals surface area contributed by atoms with Crippen molar-refractivity contribution in [2.45, 2.75) is 32.6 Å². The molecule has 0 aliphatic heterocycles. The van der Waals surface area contributed by atoms with E-state index in [-0.39, 0.29) is 11.8 Å². The zero-order valence-electron chi connectivity index (χ0n) is 11.1. The molecule has 0 aliphatic rings. The summed E-state index contributed by atoms with van der Waals surface area (Å²) in [5.74, 6) is 0.139. The van der Waals surface area contributed by atoms with Crippen molar-refractivity contribution < 1.29 is 14.3 Å². The Morgan fingerprint density at radius 3 is 2.53 bits per heavy atom. The van der Waals surface area contributed by atoms with Crippen LogP contribution in [0.15, 0.2) is 0 Å². The maximum absolute atomic E-state index is 11.4. The predicted molar refractivity (Wildman–Crippen MR) is 66.7 cm³/mol. The molecule has 0 unspecified atom stereocenters. The van der Waals surface area contributed by atoms with Gasteiger partial charge < -0.3 is 15.0 Å². The SMILES string of the molecule is COCCCNC(=O)CCCCN(C)C(C)=O. The number of ether oxygens (including phenoxy) is 1. The van der Waals surface area contributed by atoms with Gasteiger partial charge in [-0.05, 0) is 19.3 Å². The van der Waals surface area contributed by atoms with Crippen LogP contribution in [-0.2, 0) is 14.3 Å². The molecule has 0 aromatic rings. The Kier molecular flexibility index (Phi) is 9.43. The lowest BCUT2D eigenvalue weighted by Gasteiger charge is -2.13. The minimum Gasteiger partial charge on any atom is -0.385 e. The van der Waals surface area contributed by atoms with Crippen LogP contribution in [0.4, 0.5) is 0 Å². The van der Waals surface area contributed by atoms with Gasteiger partial charge in [-0.3, -0.25) is 9.59 Å². The van der Waals surface area contributed by atoms with Gasteiger partial charge in [-0.25, -0.2) is 0 Å². The molecule has 100 valence electrons. The van der Waals surface area contributed by atoms with Crippen LogP contribution < -0.4 is 5.32 Å². The summed E-state index contributed by atoms with van der Waals surface area (Å²) in [6, 6.07) is 0. The van der Waals surface area contributed by atoms with E-state index in [2.05, 4.69) is 5.32 Å². The third-order valence-electron chi connectivity index (χ3n) is 2.53. The summed E-state index contributed by atoms with van der Waals surface area (Å²) in [5.41, 5.74) is 0. The molecule has 17 heavy (non-hydrogen) atoms. The van der Waals surface area contributed by atoms with Gasteiger partial charge in [0.15, 0.2) is 0 Å². The van der Waals surface area contributed by atoms with Gasteiger partial charge >= 0.3 is 0 Å². The van der Waals surface area contributed by atoms with Crippen LogP contribution in [-0.4, -0.2) is 50.6 Å². The summed E-state index contributed by atoms with van der Waals surface area (Å²) in [6.07, 6.45) is 3.04. The van der Waals surface area contributed by atoms with Gasteiger partial charge in [0.25, 0.3) is 0 Å². The van der Waals surface area contributed by atoms with Crippen LogP contribution in [0.2, 0.25) is 0 Å². The first-order valence-corrected chi connectivity index (χ1v) is 6.05. The molecule has 0 saturated heterocycles. The Hall–Kier alpha value is -1.10. The van der Waals surface area contributed by atoms with Crippen molar-refractivity contribution in [1.29, 1.82) is 0 Å².